The van der Waals surface area contributed by atoms with Crippen LogP contribution >= 0.6 is 46.2 Å². The summed E-state index contributed by atoms with van der Waals surface area (Å²) in [4.78, 5) is 66.0. The van der Waals surface area contributed by atoms with Crippen LogP contribution in [0.5, 0.6) is 0 Å². The number of hydrogen-bond acceptors (Lipinski definition) is 12. The molecule has 2 aliphatic carbocycles. The molecule has 0 unspecified atom stereocenters. The zero-order valence-electron chi connectivity index (χ0n) is 26.5. The lowest BCUT2D eigenvalue weighted by Crippen LogP contribution is -2.23. The Balaban J connectivity index is 0.000000188. The molecule has 16 heteroatoms. The Morgan fingerprint density at radius 3 is 1.75 bits per heavy atom. The van der Waals surface area contributed by atoms with Crippen LogP contribution in [-0.4, -0.2) is 56.1 Å². The first-order chi connectivity index (χ1) is 23.3. The van der Waals surface area contributed by atoms with Crippen LogP contribution in [0.2, 0.25) is 0 Å². The van der Waals surface area contributed by atoms with Gasteiger partial charge in [0, 0.05) is 29.8 Å². The number of urea groups is 2. The zero-order valence-corrected chi connectivity index (χ0v) is 29.8. The van der Waals surface area contributed by atoms with Gasteiger partial charge in [0.2, 0.25) is 0 Å². The summed E-state index contributed by atoms with van der Waals surface area (Å²) in [6.07, 6.45) is 20.0. The van der Waals surface area contributed by atoms with Crippen molar-refractivity contribution in [3.63, 3.8) is 0 Å². The minimum atomic E-state index is -0.448. The van der Waals surface area contributed by atoms with Crippen LogP contribution in [0.25, 0.3) is 0 Å². The van der Waals surface area contributed by atoms with Gasteiger partial charge in [0.25, 0.3) is 0 Å². The predicted octanol–water partition coefficient (Wildman–Crippen LogP) is 8.55. The molecule has 0 saturated heterocycles. The summed E-state index contributed by atoms with van der Waals surface area (Å²) in [5, 5.41) is 11.8. The fourth-order valence-corrected chi connectivity index (χ4v) is 8.08. The maximum Gasteiger partial charge on any atom is 0.326 e. The van der Waals surface area contributed by atoms with Crippen LogP contribution < -0.4 is 21.3 Å². The highest BCUT2D eigenvalue weighted by atomic mass is 32.2. The first-order valence-corrected chi connectivity index (χ1v) is 19.6. The minimum Gasteiger partial charge on any atom is -0.305 e. The molecule has 0 atom stereocenters. The van der Waals surface area contributed by atoms with Gasteiger partial charge in [-0.2, -0.15) is 0 Å². The number of anilines is 4. The Bertz CT molecular complexity index is 1610. The second-order valence-electron chi connectivity index (χ2n) is 11.0. The molecule has 6 rings (SSSR count). The van der Waals surface area contributed by atoms with Crippen LogP contribution in [0.4, 0.5) is 31.4 Å². The molecule has 0 aliphatic heterocycles. The number of thiazole rings is 2. The molecule has 4 heterocycles. The van der Waals surface area contributed by atoms with E-state index in [0.717, 1.165) is 59.8 Å². The number of hydrogen-bond donors (Lipinski definition) is 4. The number of aromatic nitrogens is 4. The molecule has 4 aromatic rings. The van der Waals surface area contributed by atoms with Gasteiger partial charge in [0.15, 0.2) is 21.8 Å². The number of Topliss-reactive ketones (excluding diaryl/α,β-unsaturated/α-hetero) is 2. The number of thioether (sulfide) groups is 2. The van der Waals surface area contributed by atoms with Crippen molar-refractivity contribution >= 4 is 91.6 Å². The van der Waals surface area contributed by atoms with Crippen LogP contribution in [0.15, 0.2) is 57.6 Å². The number of rotatable bonds is 10. The van der Waals surface area contributed by atoms with Gasteiger partial charge in [-0.05, 0) is 56.4 Å². The molecule has 4 amide bonds. The Morgan fingerprint density at radius 2 is 1.21 bits per heavy atom. The molecule has 12 nitrogen and oxygen atoms in total. The van der Waals surface area contributed by atoms with Crippen molar-refractivity contribution in [2.24, 2.45) is 11.8 Å². The van der Waals surface area contributed by atoms with Crippen molar-refractivity contribution in [2.45, 2.75) is 59.8 Å². The number of nitrogens with one attached hydrogen (secondary N) is 4. The van der Waals surface area contributed by atoms with Gasteiger partial charge in [-0.3, -0.25) is 30.5 Å². The van der Waals surface area contributed by atoms with Gasteiger partial charge in [0.1, 0.15) is 5.82 Å². The predicted molar refractivity (Wildman–Crippen MR) is 194 cm³/mol. The smallest absolute Gasteiger partial charge is 0.305 e. The maximum absolute atomic E-state index is 12.6. The monoisotopic (exact) mass is 724 g/mol. The fraction of sp³-hybridized carbons (Fsp3) is 0.375. The van der Waals surface area contributed by atoms with Gasteiger partial charge >= 0.3 is 12.1 Å². The third-order valence-corrected chi connectivity index (χ3v) is 11.8. The molecule has 4 N–H and O–H groups in total. The number of pyridine rings is 2. The number of nitrogens with zero attached hydrogens (tertiary/aromatic N) is 4. The van der Waals surface area contributed by atoms with Crippen molar-refractivity contribution in [3.8, 4) is 0 Å². The highest BCUT2D eigenvalue weighted by molar-refractivity contribution is 8.00. The van der Waals surface area contributed by atoms with E-state index in [2.05, 4.69) is 41.2 Å². The average Bonchev–Trinajstić information content (AvgIpc) is 3.93. The second-order valence-corrected chi connectivity index (χ2v) is 15.3. The van der Waals surface area contributed by atoms with E-state index < -0.39 is 12.1 Å². The molecule has 0 spiro atoms. The number of carbonyl (C=O) groups excluding carboxylic acids is 4. The third-order valence-electron chi connectivity index (χ3n) is 7.90. The van der Waals surface area contributed by atoms with Crippen molar-refractivity contribution in [1.29, 1.82) is 0 Å². The Hall–Kier alpha value is -3.86. The van der Waals surface area contributed by atoms with Gasteiger partial charge in [-0.25, -0.2) is 24.5 Å². The Labute approximate surface area is 295 Å². The summed E-state index contributed by atoms with van der Waals surface area (Å²) < 4.78 is 2.03. The van der Waals surface area contributed by atoms with E-state index in [4.69, 9.17) is 0 Å². The summed E-state index contributed by atoms with van der Waals surface area (Å²) >= 11 is 5.93. The molecule has 2 aliphatic rings. The minimum absolute atomic E-state index is 0.0425. The normalized spacial score (nSPS) is 14.5. The van der Waals surface area contributed by atoms with Crippen molar-refractivity contribution in [3.05, 3.63) is 60.3 Å². The first kappa shape index (κ1) is 35.4. The molecular weight excluding hydrogens is 689 g/mol. The van der Waals surface area contributed by atoms with Gasteiger partial charge < -0.3 is 5.32 Å². The highest BCUT2D eigenvalue weighted by Crippen LogP contribution is 2.32. The van der Waals surface area contributed by atoms with Crippen LogP contribution in [0, 0.1) is 11.8 Å². The molecule has 48 heavy (non-hydrogen) atoms. The second kappa shape index (κ2) is 17.5. The number of carbonyl (C=O) groups is 4. The summed E-state index contributed by atoms with van der Waals surface area (Å²) in [6, 6.07) is 4.24. The molecule has 0 bridgehead atoms. The van der Waals surface area contributed by atoms with Gasteiger partial charge in [0.05, 0.1) is 38.3 Å². The first-order valence-electron chi connectivity index (χ1n) is 15.5. The van der Waals surface area contributed by atoms with E-state index in [1.807, 2.05) is 12.5 Å². The lowest BCUT2D eigenvalue weighted by Gasteiger charge is -2.13. The SMILES string of the molecule is CSc1cnc(NC(=O)Nc2cnccc2C(=O)C2CCCC2)s1.CSc1cnc(NC(=O)Nc2ncccc2C(=O)C2CCCC2)s1. The average molecular weight is 725 g/mol. The van der Waals surface area contributed by atoms with E-state index in [9.17, 15) is 19.2 Å². The van der Waals surface area contributed by atoms with Crippen LogP contribution in [0.3, 0.4) is 0 Å². The van der Waals surface area contributed by atoms with E-state index in [1.165, 1.54) is 28.9 Å². The van der Waals surface area contributed by atoms with Crippen LogP contribution in [-0.2, 0) is 0 Å². The topological polar surface area (TPSA) is 168 Å². The van der Waals surface area contributed by atoms with Gasteiger partial charge in [-0.1, -0.05) is 48.4 Å². The maximum atomic E-state index is 12.6. The quantitative estimate of drug-likeness (QED) is 0.0919. The molecule has 4 aromatic heterocycles. The Kier molecular flexibility index (Phi) is 12.9. The Morgan fingerprint density at radius 1 is 0.667 bits per heavy atom. The largest absolute Gasteiger partial charge is 0.326 e. The highest BCUT2D eigenvalue weighted by Gasteiger charge is 2.27. The van der Waals surface area contributed by atoms with Crippen LogP contribution in [0.1, 0.15) is 72.1 Å². The lowest BCUT2D eigenvalue weighted by molar-refractivity contribution is 0.0916. The third kappa shape index (κ3) is 9.61. The van der Waals surface area contributed by atoms with Crippen molar-refractivity contribution in [2.75, 3.05) is 33.8 Å². The zero-order chi connectivity index (χ0) is 33.9. The molecule has 2 saturated carbocycles. The summed E-state index contributed by atoms with van der Waals surface area (Å²) in [5.74, 6) is 0.549. The molecular formula is C32H36N8O4S4. The van der Waals surface area contributed by atoms with E-state index in [-0.39, 0.29) is 23.4 Å². The molecule has 252 valence electrons. The summed E-state index contributed by atoms with van der Waals surface area (Å²) in [5.41, 5.74) is 1.44. The lowest BCUT2D eigenvalue weighted by atomic mass is 9.96. The number of ketones is 2. The summed E-state index contributed by atoms with van der Waals surface area (Å²) in [7, 11) is 0. The standard InChI is InChI=1S/2C16H18N4O2S2/c1-23-12-9-18-16(24-12)20-15(22)19-14-11(7-4-8-17-14)13(21)10-5-2-3-6-10;1-23-13-9-18-16(24-13)20-15(22)19-12-8-17-7-6-11(12)14(21)10-4-2-3-5-10/h4,7-10H,2-3,5-6H2,1H3,(H2,17,18,19,20,22);6-10H,2-5H2,1H3,(H2,18,19,20,22). The van der Waals surface area contributed by atoms with Gasteiger partial charge in [-0.15, -0.1) is 23.5 Å². The number of amides is 4. The van der Waals surface area contributed by atoms with E-state index >= 15 is 0 Å². The molecule has 0 aromatic carbocycles. The molecule has 2 fully saturated rings. The summed E-state index contributed by atoms with van der Waals surface area (Å²) in [6.45, 7) is 0. The van der Waals surface area contributed by atoms with E-state index in [1.54, 1.807) is 66.5 Å². The molecule has 0 radical (unpaired) electrons. The fourth-order valence-electron chi connectivity index (χ4n) is 5.54. The van der Waals surface area contributed by atoms with E-state index in [0.29, 0.717) is 32.9 Å². The van der Waals surface area contributed by atoms with Crippen molar-refractivity contribution < 1.29 is 19.2 Å². The van der Waals surface area contributed by atoms with Crippen molar-refractivity contribution in [1.82, 2.24) is 19.9 Å².